The van der Waals surface area contributed by atoms with Gasteiger partial charge in [-0.2, -0.15) is 5.10 Å². The molecule has 0 saturated heterocycles. The molecule has 2 rings (SSSR count). The Balaban J connectivity index is 2.32. The molecule has 0 bridgehead atoms. The molecule has 1 unspecified atom stereocenters. The molecule has 0 aliphatic rings. The van der Waals surface area contributed by atoms with E-state index in [9.17, 15) is 0 Å². The molecule has 0 aliphatic carbocycles. The van der Waals surface area contributed by atoms with Crippen molar-refractivity contribution in [1.29, 1.82) is 0 Å². The summed E-state index contributed by atoms with van der Waals surface area (Å²) in [5.74, 6) is 0. The largest absolute Gasteiger partial charge is 0.319 e. The highest BCUT2D eigenvalue weighted by Gasteiger charge is 2.12. The van der Waals surface area contributed by atoms with Crippen LogP contribution in [0.25, 0.3) is 0 Å². The molecule has 1 atom stereocenters. The maximum atomic E-state index is 6.15. The van der Waals surface area contributed by atoms with Crippen LogP contribution in [-0.2, 0) is 6.54 Å². The first-order valence-corrected chi connectivity index (χ1v) is 5.00. The van der Waals surface area contributed by atoms with Crippen molar-refractivity contribution in [1.82, 2.24) is 14.8 Å². The van der Waals surface area contributed by atoms with Gasteiger partial charge < -0.3 is 5.73 Å². The van der Waals surface area contributed by atoms with Crippen molar-refractivity contribution in [3.63, 3.8) is 0 Å². The summed E-state index contributed by atoms with van der Waals surface area (Å²) in [6.45, 7) is 2.89. The molecule has 2 aromatic heterocycles. The molecule has 15 heavy (non-hydrogen) atoms. The average molecular weight is 202 g/mol. The quantitative estimate of drug-likeness (QED) is 0.817. The van der Waals surface area contributed by atoms with Gasteiger partial charge in [-0.15, -0.1) is 0 Å². The SMILES string of the molecule is CCn1nccc1C(N)c1ccncc1. The smallest absolute Gasteiger partial charge is 0.0724 e. The lowest BCUT2D eigenvalue weighted by Gasteiger charge is -2.13. The van der Waals surface area contributed by atoms with E-state index in [1.807, 2.05) is 22.9 Å². The van der Waals surface area contributed by atoms with Crippen molar-refractivity contribution in [3.05, 3.63) is 48.0 Å². The fourth-order valence-corrected chi connectivity index (χ4v) is 1.61. The predicted octanol–water partition coefficient (Wildman–Crippen LogP) is 1.35. The van der Waals surface area contributed by atoms with E-state index in [-0.39, 0.29) is 6.04 Å². The zero-order valence-electron chi connectivity index (χ0n) is 8.67. The summed E-state index contributed by atoms with van der Waals surface area (Å²) in [4.78, 5) is 3.97. The lowest BCUT2D eigenvalue weighted by molar-refractivity contribution is 0.600. The minimum atomic E-state index is -0.129. The van der Waals surface area contributed by atoms with Gasteiger partial charge in [0.15, 0.2) is 0 Å². The van der Waals surface area contributed by atoms with Crippen molar-refractivity contribution in [2.75, 3.05) is 0 Å². The Labute approximate surface area is 88.8 Å². The second-order valence-electron chi connectivity index (χ2n) is 3.33. The van der Waals surface area contributed by atoms with Crippen molar-refractivity contribution in [2.45, 2.75) is 19.5 Å². The summed E-state index contributed by atoms with van der Waals surface area (Å²) in [6, 6.07) is 5.68. The van der Waals surface area contributed by atoms with Crippen LogP contribution in [0.4, 0.5) is 0 Å². The van der Waals surface area contributed by atoms with E-state index in [2.05, 4.69) is 17.0 Å². The number of hydrogen-bond donors (Lipinski definition) is 1. The van der Waals surface area contributed by atoms with Crippen LogP contribution in [0.5, 0.6) is 0 Å². The first kappa shape index (κ1) is 9.86. The Hall–Kier alpha value is -1.68. The molecular formula is C11H14N4. The number of aryl methyl sites for hydroxylation is 1. The summed E-state index contributed by atoms with van der Waals surface area (Å²) in [7, 11) is 0. The molecule has 4 heteroatoms. The molecule has 4 nitrogen and oxygen atoms in total. The van der Waals surface area contributed by atoms with Gasteiger partial charge in [0.2, 0.25) is 0 Å². The van der Waals surface area contributed by atoms with E-state index in [0.29, 0.717) is 0 Å². The number of pyridine rings is 1. The summed E-state index contributed by atoms with van der Waals surface area (Å²) >= 11 is 0. The summed E-state index contributed by atoms with van der Waals surface area (Å²) < 4.78 is 1.91. The Bertz CT molecular complexity index is 421. The molecule has 78 valence electrons. The van der Waals surface area contributed by atoms with Gasteiger partial charge in [0, 0.05) is 25.1 Å². The minimum Gasteiger partial charge on any atom is -0.319 e. The van der Waals surface area contributed by atoms with Crippen molar-refractivity contribution >= 4 is 0 Å². The monoisotopic (exact) mass is 202 g/mol. The van der Waals surface area contributed by atoms with E-state index in [4.69, 9.17) is 5.73 Å². The average Bonchev–Trinajstić information content (AvgIpc) is 2.77. The van der Waals surface area contributed by atoms with Gasteiger partial charge >= 0.3 is 0 Å². The summed E-state index contributed by atoms with van der Waals surface area (Å²) in [5.41, 5.74) is 8.24. The standard InChI is InChI=1S/C11H14N4/c1-2-15-10(5-8-14-15)11(12)9-3-6-13-7-4-9/h3-8,11H,2,12H2,1H3. The van der Waals surface area contributed by atoms with Gasteiger partial charge in [0.25, 0.3) is 0 Å². The fourth-order valence-electron chi connectivity index (χ4n) is 1.61. The van der Waals surface area contributed by atoms with Gasteiger partial charge in [-0.1, -0.05) is 0 Å². The fraction of sp³-hybridized carbons (Fsp3) is 0.273. The van der Waals surface area contributed by atoms with Crippen LogP contribution in [-0.4, -0.2) is 14.8 Å². The number of nitrogens with zero attached hydrogens (tertiary/aromatic N) is 3. The van der Waals surface area contributed by atoms with Crippen LogP contribution < -0.4 is 5.73 Å². The zero-order chi connectivity index (χ0) is 10.7. The summed E-state index contributed by atoms with van der Waals surface area (Å²) in [6.07, 6.45) is 5.28. The molecule has 0 fully saturated rings. The molecule has 0 aliphatic heterocycles. The third kappa shape index (κ3) is 1.89. The number of rotatable bonds is 3. The van der Waals surface area contributed by atoms with Gasteiger partial charge in [-0.25, -0.2) is 0 Å². The third-order valence-corrected chi connectivity index (χ3v) is 2.43. The number of nitrogens with two attached hydrogens (primary N) is 1. The Morgan fingerprint density at radius 2 is 2.00 bits per heavy atom. The van der Waals surface area contributed by atoms with E-state index in [0.717, 1.165) is 17.8 Å². The van der Waals surface area contributed by atoms with Crippen molar-refractivity contribution in [2.24, 2.45) is 5.73 Å². The van der Waals surface area contributed by atoms with Crippen LogP contribution >= 0.6 is 0 Å². The van der Waals surface area contributed by atoms with E-state index in [1.54, 1.807) is 18.6 Å². The Kier molecular flexibility index (Phi) is 2.78. The highest BCUT2D eigenvalue weighted by Crippen LogP contribution is 2.17. The molecule has 0 amide bonds. The van der Waals surface area contributed by atoms with Crippen molar-refractivity contribution in [3.8, 4) is 0 Å². The Morgan fingerprint density at radius 3 is 2.67 bits per heavy atom. The van der Waals surface area contributed by atoms with Crippen LogP contribution in [0.1, 0.15) is 24.2 Å². The predicted molar refractivity (Wildman–Crippen MR) is 58.2 cm³/mol. The highest BCUT2D eigenvalue weighted by molar-refractivity contribution is 5.24. The topological polar surface area (TPSA) is 56.7 Å². The van der Waals surface area contributed by atoms with Crippen LogP contribution in [0, 0.1) is 0 Å². The third-order valence-electron chi connectivity index (χ3n) is 2.43. The molecular weight excluding hydrogens is 188 g/mol. The summed E-state index contributed by atoms with van der Waals surface area (Å²) in [5, 5.41) is 4.20. The molecule has 2 aromatic rings. The second-order valence-corrected chi connectivity index (χ2v) is 3.33. The molecule has 0 saturated carbocycles. The van der Waals surface area contributed by atoms with E-state index < -0.39 is 0 Å². The normalized spacial score (nSPS) is 12.7. The molecule has 0 aromatic carbocycles. The van der Waals surface area contributed by atoms with Crippen molar-refractivity contribution < 1.29 is 0 Å². The second kappa shape index (κ2) is 4.23. The first-order valence-electron chi connectivity index (χ1n) is 5.00. The van der Waals surface area contributed by atoms with Gasteiger partial charge in [0.05, 0.1) is 11.7 Å². The maximum absolute atomic E-state index is 6.15. The van der Waals surface area contributed by atoms with E-state index in [1.165, 1.54) is 0 Å². The number of aromatic nitrogens is 3. The molecule has 2 heterocycles. The Morgan fingerprint density at radius 1 is 1.27 bits per heavy atom. The van der Waals surface area contributed by atoms with Crippen LogP contribution in [0.15, 0.2) is 36.8 Å². The van der Waals surface area contributed by atoms with E-state index >= 15 is 0 Å². The lowest BCUT2D eigenvalue weighted by Crippen LogP contribution is -2.17. The van der Waals surface area contributed by atoms with Gasteiger partial charge in [-0.3, -0.25) is 9.67 Å². The maximum Gasteiger partial charge on any atom is 0.0724 e. The molecule has 0 spiro atoms. The molecule has 2 N–H and O–H groups in total. The minimum absolute atomic E-state index is 0.129. The first-order chi connectivity index (χ1) is 7.33. The highest BCUT2D eigenvalue weighted by atomic mass is 15.3. The number of hydrogen-bond acceptors (Lipinski definition) is 3. The van der Waals surface area contributed by atoms with Gasteiger partial charge in [0.1, 0.15) is 0 Å². The van der Waals surface area contributed by atoms with Crippen LogP contribution in [0.2, 0.25) is 0 Å². The van der Waals surface area contributed by atoms with Crippen LogP contribution in [0.3, 0.4) is 0 Å². The lowest BCUT2D eigenvalue weighted by atomic mass is 10.1. The molecule has 0 radical (unpaired) electrons. The zero-order valence-corrected chi connectivity index (χ0v) is 8.67. The van der Waals surface area contributed by atoms with Gasteiger partial charge in [-0.05, 0) is 30.7 Å².